The van der Waals surface area contributed by atoms with E-state index in [9.17, 15) is 10.3 Å². The highest BCUT2D eigenvalue weighted by Crippen LogP contribution is 2.33. The molecular formula is C18H19N5O4. The molecule has 0 bridgehead atoms. The number of likely N-dealkylation sites (tertiary alicyclic amines) is 1. The minimum atomic E-state index is -1.01. The minimum Gasteiger partial charge on any atom is -0.595 e. The van der Waals surface area contributed by atoms with Gasteiger partial charge in [0.1, 0.15) is 0 Å². The number of aliphatic hydroxyl groups excluding tert-OH is 1. The number of hydrogen-bond donors (Lipinski definition) is 3. The third-order valence-electron chi connectivity index (χ3n) is 4.58. The molecule has 3 aromatic rings. The Labute approximate surface area is 155 Å². The molecule has 9 heteroatoms. The maximum atomic E-state index is 11.1. The van der Waals surface area contributed by atoms with Crippen LogP contribution in [0.3, 0.4) is 0 Å². The smallest absolute Gasteiger partial charge is 0.244 e. The van der Waals surface area contributed by atoms with Crippen LogP contribution in [-0.4, -0.2) is 43.0 Å². The summed E-state index contributed by atoms with van der Waals surface area (Å²) in [5, 5.41) is 33.4. The summed E-state index contributed by atoms with van der Waals surface area (Å²) in [4.78, 5) is 10.6. The molecule has 0 aliphatic carbocycles. The summed E-state index contributed by atoms with van der Waals surface area (Å²) in [5.41, 5.74) is 1.76. The molecule has 0 amide bonds. The summed E-state index contributed by atoms with van der Waals surface area (Å²) in [6, 6.07) is 10.0. The summed E-state index contributed by atoms with van der Waals surface area (Å²) in [6.45, 7) is 1.12. The normalized spacial score (nSPS) is 21.4. The molecule has 0 saturated carbocycles. The highest BCUT2D eigenvalue weighted by molar-refractivity contribution is 5.58. The Hall–Kier alpha value is -2.69. The van der Waals surface area contributed by atoms with Crippen molar-refractivity contribution in [3.05, 3.63) is 65.5 Å². The van der Waals surface area contributed by atoms with Crippen molar-refractivity contribution in [3.63, 3.8) is 0 Å². The van der Waals surface area contributed by atoms with Crippen molar-refractivity contribution in [2.45, 2.75) is 25.1 Å². The average Bonchev–Trinajstić information content (AvgIpc) is 3.29. The van der Waals surface area contributed by atoms with Crippen LogP contribution in [0.4, 0.5) is 5.69 Å². The van der Waals surface area contributed by atoms with Crippen molar-refractivity contribution in [1.82, 2.24) is 20.0 Å². The highest BCUT2D eigenvalue weighted by Gasteiger charge is 2.36. The Morgan fingerprint density at radius 2 is 2.19 bits per heavy atom. The van der Waals surface area contributed by atoms with Gasteiger partial charge in [0.15, 0.2) is 5.69 Å². The quantitative estimate of drug-likeness (QED) is 0.566. The van der Waals surface area contributed by atoms with Gasteiger partial charge >= 0.3 is 0 Å². The number of aromatic nitrogens is 3. The van der Waals surface area contributed by atoms with E-state index in [2.05, 4.69) is 20.0 Å². The zero-order valence-corrected chi connectivity index (χ0v) is 14.4. The van der Waals surface area contributed by atoms with Gasteiger partial charge in [0.25, 0.3) is 0 Å². The highest BCUT2D eigenvalue weighted by atomic mass is 16.8. The standard InChI is InChI=1S/C18H19N5O4/c24-15-8-16(22(11-15)10-12-3-2-6-19-9-12)18-20-17(21-27-18)13-4-1-5-14(7-13)23(25)26/h1-7,9,15-16,23-25H,8,10-11H2. The number of rotatable bonds is 5. The molecule has 0 radical (unpaired) electrons. The molecule has 3 N–H and O–H groups in total. The van der Waals surface area contributed by atoms with Crippen molar-refractivity contribution >= 4 is 5.69 Å². The average molecular weight is 369 g/mol. The summed E-state index contributed by atoms with van der Waals surface area (Å²) in [6.07, 6.45) is 3.53. The van der Waals surface area contributed by atoms with E-state index < -0.39 is 11.3 Å². The Kier molecular flexibility index (Phi) is 4.92. The second kappa shape index (κ2) is 7.51. The van der Waals surface area contributed by atoms with Crippen molar-refractivity contribution in [2.24, 2.45) is 0 Å². The van der Waals surface area contributed by atoms with Crippen LogP contribution in [0.15, 0.2) is 53.3 Å². The van der Waals surface area contributed by atoms with Gasteiger partial charge in [-0.3, -0.25) is 9.88 Å². The zero-order chi connectivity index (χ0) is 18.8. The number of pyridine rings is 1. The lowest BCUT2D eigenvalue weighted by molar-refractivity contribution is -0.991. The molecule has 1 aliphatic rings. The van der Waals surface area contributed by atoms with E-state index in [1.54, 1.807) is 24.5 Å². The molecule has 27 heavy (non-hydrogen) atoms. The maximum absolute atomic E-state index is 11.1. The zero-order valence-electron chi connectivity index (χ0n) is 14.4. The van der Waals surface area contributed by atoms with Crippen molar-refractivity contribution in [2.75, 3.05) is 6.54 Å². The second-order valence-electron chi connectivity index (χ2n) is 6.54. The number of aliphatic hydroxyl groups is 1. The Morgan fingerprint density at radius 3 is 2.96 bits per heavy atom. The largest absolute Gasteiger partial charge is 0.595 e. The van der Waals surface area contributed by atoms with Crippen molar-refractivity contribution < 1.29 is 20.1 Å². The van der Waals surface area contributed by atoms with E-state index in [4.69, 9.17) is 9.73 Å². The van der Waals surface area contributed by atoms with Gasteiger partial charge < -0.3 is 14.8 Å². The second-order valence-corrected chi connectivity index (χ2v) is 6.54. The van der Waals surface area contributed by atoms with Crippen LogP contribution in [0.25, 0.3) is 11.4 Å². The minimum absolute atomic E-state index is 0.161. The van der Waals surface area contributed by atoms with Crippen molar-refractivity contribution in [1.29, 1.82) is 0 Å². The summed E-state index contributed by atoms with van der Waals surface area (Å²) < 4.78 is 5.44. The van der Waals surface area contributed by atoms with Gasteiger partial charge in [-0.1, -0.05) is 23.4 Å². The molecular weight excluding hydrogens is 350 g/mol. The first-order chi connectivity index (χ1) is 13.1. The van der Waals surface area contributed by atoms with E-state index in [0.29, 0.717) is 36.8 Å². The van der Waals surface area contributed by atoms with Gasteiger partial charge in [0, 0.05) is 43.2 Å². The van der Waals surface area contributed by atoms with Gasteiger partial charge in [0.05, 0.1) is 12.1 Å². The molecule has 3 atom stereocenters. The predicted octanol–water partition coefficient (Wildman–Crippen LogP) is 0.843. The molecule has 0 spiro atoms. The fourth-order valence-electron chi connectivity index (χ4n) is 3.32. The monoisotopic (exact) mass is 369 g/mol. The fraction of sp³-hybridized carbons (Fsp3) is 0.278. The van der Waals surface area contributed by atoms with Gasteiger partial charge in [-0.05, 0) is 18.1 Å². The third kappa shape index (κ3) is 3.87. The number of nitrogens with zero attached hydrogens (tertiary/aromatic N) is 4. The van der Waals surface area contributed by atoms with E-state index >= 15 is 0 Å². The number of nitrogens with one attached hydrogen (secondary N) is 1. The first-order valence-electron chi connectivity index (χ1n) is 8.58. The van der Waals surface area contributed by atoms with Crippen LogP contribution in [-0.2, 0) is 6.54 Å². The number of β-amino-alcohol motifs (C(OH)–C–C–N with tert-alkyl or cyclic N) is 1. The molecule has 1 aliphatic heterocycles. The van der Waals surface area contributed by atoms with Gasteiger partial charge in [-0.25, -0.2) is 5.21 Å². The fourth-order valence-corrected chi connectivity index (χ4v) is 3.32. The third-order valence-corrected chi connectivity index (χ3v) is 4.58. The summed E-state index contributed by atoms with van der Waals surface area (Å²) in [7, 11) is 0. The van der Waals surface area contributed by atoms with Crippen LogP contribution in [0.1, 0.15) is 23.9 Å². The molecule has 1 fully saturated rings. The molecule has 3 heterocycles. The van der Waals surface area contributed by atoms with E-state index in [1.165, 1.54) is 12.1 Å². The molecule has 1 saturated heterocycles. The molecule has 4 rings (SSSR count). The predicted molar refractivity (Wildman–Crippen MR) is 93.5 cm³/mol. The van der Waals surface area contributed by atoms with Crippen molar-refractivity contribution in [3.8, 4) is 11.4 Å². The Bertz CT molecular complexity index is 902. The first kappa shape index (κ1) is 17.7. The van der Waals surface area contributed by atoms with E-state index in [0.717, 1.165) is 5.56 Å². The number of quaternary nitrogens is 1. The summed E-state index contributed by atoms with van der Waals surface area (Å²) in [5.74, 6) is 0.738. The molecule has 1 aromatic carbocycles. The molecule has 2 aromatic heterocycles. The first-order valence-corrected chi connectivity index (χ1v) is 8.58. The topological polar surface area (TPSA) is 123 Å². The Balaban J connectivity index is 1.57. The van der Waals surface area contributed by atoms with E-state index in [1.807, 2.05) is 12.1 Å². The van der Waals surface area contributed by atoms with Crippen LogP contribution >= 0.6 is 0 Å². The van der Waals surface area contributed by atoms with Crippen LogP contribution in [0, 0.1) is 5.21 Å². The molecule has 9 nitrogen and oxygen atoms in total. The van der Waals surface area contributed by atoms with Crippen LogP contribution in [0.2, 0.25) is 0 Å². The lowest BCUT2D eigenvalue weighted by Gasteiger charge is -2.20. The summed E-state index contributed by atoms with van der Waals surface area (Å²) >= 11 is 0. The molecule has 140 valence electrons. The van der Waals surface area contributed by atoms with Crippen LogP contribution in [0.5, 0.6) is 0 Å². The van der Waals surface area contributed by atoms with Crippen LogP contribution < -0.4 is 5.23 Å². The lowest BCUT2D eigenvalue weighted by atomic mass is 10.1. The van der Waals surface area contributed by atoms with E-state index in [-0.39, 0.29) is 11.7 Å². The Morgan fingerprint density at radius 1 is 1.30 bits per heavy atom. The number of hydrogen-bond acceptors (Lipinski definition) is 8. The molecule has 3 unspecified atom stereocenters. The SMILES string of the molecule is [O-][NH+](O)c1cccc(-c2noc(C3CC(O)CN3Cc3cccnc3)n2)c1. The van der Waals surface area contributed by atoms with Gasteiger partial charge in [-0.2, -0.15) is 10.2 Å². The maximum Gasteiger partial charge on any atom is 0.244 e. The van der Waals surface area contributed by atoms with Gasteiger partial charge in [0.2, 0.25) is 11.7 Å². The van der Waals surface area contributed by atoms with Gasteiger partial charge in [-0.15, -0.1) is 0 Å². The number of benzene rings is 1. The lowest BCUT2D eigenvalue weighted by Crippen LogP contribution is -2.99.